The van der Waals surface area contributed by atoms with Crippen LogP contribution in [0.5, 0.6) is 0 Å². The van der Waals surface area contributed by atoms with Gasteiger partial charge in [-0.15, -0.1) is 0 Å². The molecule has 0 unspecified atom stereocenters. The summed E-state index contributed by atoms with van der Waals surface area (Å²) in [5, 5.41) is 2.85. The highest BCUT2D eigenvalue weighted by molar-refractivity contribution is 5.75. The topological polar surface area (TPSA) is 47.6 Å². The molecule has 0 saturated heterocycles. The first kappa shape index (κ1) is 21.7. The van der Waals surface area contributed by atoms with E-state index in [1.807, 2.05) is 27.7 Å². The highest BCUT2D eigenvalue weighted by atomic mass is 16.5. The van der Waals surface area contributed by atoms with Gasteiger partial charge in [0.1, 0.15) is 0 Å². The molecule has 0 aliphatic rings. The first-order valence-corrected chi connectivity index (χ1v) is 8.12. The minimum atomic E-state index is 0.110. The summed E-state index contributed by atoms with van der Waals surface area (Å²) in [6.45, 7) is 12.9. The average molecular weight is 289 g/mol. The monoisotopic (exact) mass is 289 g/mol. The molecule has 0 spiro atoms. The van der Waals surface area contributed by atoms with E-state index in [1.54, 1.807) is 0 Å². The third-order valence-corrected chi connectivity index (χ3v) is 2.46. The third kappa shape index (κ3) is 19.7. The minimum absolute atomic E-state index is 0.110. The van der Waals surface area contributed by atoms with Crippen LogP contribution in [0.3, 0.4) is 0 Å². The fourth-order valence-corrected chi connectivity index (χ4v) is 1.41. The molecule has 1 amide bonds. The van der Waals surface area contributed by atoms with Crippen molar-refractivity contribution in [1.82, 2.24) is 5.32 Å². The largest absolute Gasteiger partial charge is 0.380 e. The van der Waals surface area contributed by atoms with Crippen molar-refractivity contribution in [3.05, 3.63) is 0 Å². The Bertz CT molecular complexity index is 196. The number of nitrogens with one attached hydrogen (secondary N) is 1. The highest BCUT2D eigenvalue weighted by Gasteiger charge is 2.00. The van der Waals surface area contributed by atoms with E-state index in [2.05, 4.69) is 12.2 Å². The summed E-state index contributed by atoms with van der Waals surface area (Å²) in [7, 11) is 0. The quantitative estimate of drug-likeness (QED) is 0.559. The van der Waals surface area contributed by atoms with Crippen LogP contribution in [-0.2, 0) is 14.3 Å². The van der Waals surface area contributed by atoms with Crippen molar-refractivity contribution in [3.8, 4) is 0 Å². The van der Waals surface area contributed by atoms with Crippen LogP contribution >= 0.6 is 0 Å². The number of hydrogen-bond acceptors (Lipinski definition) is 3. The van der Waals surface area contributed by atoms with E-state index in [0.717, 1.165) is 38.9 Å². The maximum absolute atomic E-state index is 11.4. The number of carbonyl (C=O) groups excluding carboxylic acids is 1. The number of ether oxygens (including phenoxy) is 2. The second-order valence-corrected chi connectivity index (χ2v) is 4.69. The SMILES string of the molecule is CC.CCCCOCCNC(=O)CCCCOC(C)C. The molecule has 4 nitrogen and oxygen atoms in total. The summed E-state index contributed by atoms with van der Waals surface area (Å²) in [5.74, 6) is 0.110. The standard InChI is InChI=1S/C14H29NO3.C2H6/c1-4-5-10-17-12-9-15-14(16)8-6-7-11-18-13(2)3;1-2/h13H,4-12H2,1-3H3,(H,15,16);1-2H3. The van der Waals surface area contributed by atoms with Crippen LogP contribution in [0.25, 0.3) is 0 Å². The summed E-state index contributed by atoms with van der Waals surface area (Å²) in [6, 6.07) is 0. The molecule has 1 N–H and O–H groups in total. The zero-order valence-corrected chi connectivity index (χ0v) is 14.2. The Morgan fingerprint density at radius 3 is 2.35 bits per heavy atom. The van der Waals surface area contributed by atoms with Gasteiger partial charge in [-0.1, -0.05) is 27.2 Å². The van der Waals surface area contributed by atoms with Crippen LogP contribution in [0.4, 0.5) is 0 Å². The lowest BCUT2D eigenvalue weighted by Crippen LogP contribution is -2.27. The van der Waals surface area contributed by atoms with Crippen molar-refractivity contribution in [2.75, 3.05) is 26.4 Å². The molecule has 4 heteroatoms. The third-order valence-electron chi connectivity index (χ3n) is 2.46. The normalized spacial score (nSPS) is 10.1. The zero-order chi connectivity index (χ0) is 15.6. The Morgan fingerprint density at radius 2 is 1.75 bits per heavy atom. The lowest BCUT2D eigenvalue weighted by molar-refractivity contribution is -0.121. The second kappa shape index (κ2) is 18.4. The Morgan fingerprint density at radius 1 is 1.05 bits per heavy atom. The first-order valence-electron chi connectivity index (χ1n) is 8.12. The molecule has 0 saturated carbocycles. The van der Waals surface area contributed by atoms with Gasteiger partial charge in [0.05, 0.1) is 12.7 Å². The van der Waals surface area contributed by atoms with E-state index in [-0.39, 0.29) is 12.0 Å². The van der Waals surface area contributed by atoms with Crippen LogP contribution in [0.2, 0.25) is 0 Å². The number of carbonyl (C=O) groups is 1. The molecule has 0 heterocycles. The van der Waals surface area contributed by atoms with Gasteiger partial charge in [0, 0.05) is 26.2 Å². The van der Waals surface area contributed by atoms with Gasteiger partial charge in [0.15, 0.2) is 0 Å². The maximum atomic E-state index is 11.4. The molecule has 0 aromatic rings. The molecular formula is C16H35NO3. The molecule has 0 radical (unpaired) electrons. The summed E-state index contributed by atoms with van der Waals surface area (Å²) in [6.07, 6.45) is 4.91. The molecule has 0 aromatic carbocycles. The Hall–Kier alpha value is -0.610. The van der Waals surface area contributed by atoms with Crippen LogP contribution in [0.1, 0.15) is 66.7 Å². The molecule has 0 rings (SSSR count). The molecule has 0 aliphatic heterocycles. The van der Waals surface area contributed by atoms with Gasteiger partial charge < -0.3 is 14.8 Å². The minimum Gasteiger partial charge on any atom is -0.380 e. The number of rotatable bonds is 12. The first-order chi connectivity index (χ1) is 9.66. The van der Waals surface area contributed by atoms with E-state index in [0.29, 0.717) is 19.6 Å². The molecule has 0 fully saturated rings. The molecule has 0 aliphatic carbocycles. The molecule has 0 aromatic heterocycles. The van der Waals surface area contributed by atoms with Crippen molar-refractivity contribution >= 4 is 5.91 Å². The lowest BCUT2D eigenvalue weighted by Gasteiger charge is -2.08. The fourth-order valence-electron chi connectivity index (χ4n) is 1.41. The van der Waals surface area contributed by atoms with Crippen molar-refractivity contribution in [2.45, 2.75) is 72.8 Å². The summed E-state index contributed by atoms with van der Waals surface area (Å²) in [5.41, 5.74) is 0. The van der Waals surface area contributed by atoms with Crippen molar-refractivity contribution in [3.63, 3.8) is 0 Å². The van der Waals surface area contributed by atoms with E-state index in [1.165, 1.54) is 0 Å². The van der Waals surface area contributed by atoms with Crippen LogP contribution in [-0.4, -0.2) is 38.4 Å². The van der Waals surface area contributed by atoms with Gasteiger partial charge in [0.2, 0.25) is 5.91 Å². The van der Waals surface area contributed by atoms with E-state index in [9.17, 15) is 4.79 Å². The number of hydrogen-bond donors (Lipinski definition) is 1. The van der Waals surface area contributed by atoms with Gasteiger partial charge >= 0.3 is 0 Å². The number of unbranched alkanes of at least 4 members (excludes halogenated alkanes) is 2. The molecule has 20 heavy (non-hydrogen) atoms. The van der Waals surface area contributed by atoms with E-state index >= 15 is 0 Å². The molecule has 0 atom stereocenters. The van der Waals surface area contributed by atoms with E-state index < -0.39 is 0 Å². The highest BCUT2D eigenvalue weighted by Crippen LogP contribution is 1.98. The van der Waals surface area contributed by atoms with Gasteiger partial charge in [-0.05, 0) is 33.1 Å². The van der Waals surface area contributed by atoms with Crippen LogP contribution in [0, 0.1) is 0 Å². The van der Waals surface area contributed by atoms with Gasteiger partial charge in [-0.2, -0.15) is 0 Å². The molecule has 122 valence electrons. The molecular weight excluding hydrogens is 254 g/mol. The Balaban J connectivity index is 0. The summed E-state index contributed by atoms with van der Waals surface area (Å²) < 4.78 is 10.8. The predicted octanol–water partition coefficient (Wildman–Crippen LogP) is 3.54. The van der Waals surface area contributed by atoms with Crippen molar-refractivity contribution in [1.29, 1.82) is 0 Å². The van der Waals surface area contributed by atoms with Crippen LogP contribution < -0.4 is 5.32 Å². The Kier molecular flexibility index (Phi) is 19.9. The predicted molar refractivity (Wildman–Crippen MR) is 85.0 cm³/mol. The maximum Gasteiger partial charge on any atom is 0.220 e. The molecule has 0 bridgehead atoms. The lowest BCUT2D eigenvalue weighted by atomic mass is 10.2. The second-order valence-electron chi connectivity index (χ2n) is 4.69. The Labute approximate surface area is 125 Å². The fraction of sp³-hybridized carbons (Fsp3) is 0.938. The van der Waals surface area contributed by atoms with Crippen LogP contribution in [0.15, 0.2) is 0 Å². The summed E-state index contributed by atoms with van der Waals surface area (Å²) in [4.78, 5) is 11.4. The van der Waals surface area contributed by atoms with Crippen molar-refractivity contribution in [2.24, 2.45) is 0 Å². The van der Waals surface area contributed by atoms with E-state index in [4.69, 9.17) is 9.47 Å². The summed E-state index contributed by atoms with van der Waals surface area (Å²) >= 11 is 0. The van der Waals surface area contributed by atoms with Crippen molar-refractivity contribution < 1.29 is 14.3 Å². The van der Waals surface area contributed by atoms with Gasteiger partial charge in [-0.3, -0.25) is 4.79 Å². The zero-order valence-electron chi connectivity index (χ0n) is 14.2. The van der Waals surface area contributed by atoms with Gasteiger partial charge in [-0.25, -0.2) is 0 Å². The van der Waals surface area contributed by atoms with Gasteiger partial charge in [0.25, 0.3) is 0 Å². The number of amides is 1. The average Bonchev–Trinajstić information content (AvgIpc) is 2.44. The smallest absolute Gasteiger partial charge is 0.220 e.